The monoisotopic (exact) mass is 540 g/mol. The molecule has 39 heavy (non-hydrogen) atoms. The average molecular weight is 541 g/mol. The maximum absolute atomic E-state index is 12.7. The fourth-order valence-electron chi connectivity index (χ4n) is 9.86. The molecular formula is C32H48N2O5. The molecule has 4 aliphatic rings. The molecular weight excluding hydrogens is 492 g/mol. The number of fused-ring (bicyclic) bond motifs is 5. The highest BCUT2D eigenvalue weighted by molar-refractivity contribution is 5.93. The van der Waals surface area contributed by atoms with Gasteiger partial charge in [-0.3, -0.25) is 14.8 Å². The third-order valence-corrected chi connectivity index (χ3v) is 12.0. The van der Waals surface area contributed by atoms with Gasteiger partial charge in [0.05, 0.1) is 12.2 Å². The third-order valence-electron chi connectivity index (χ3n) is 12.0. The van der Waals surface area contributed by atoms with Crippen molar-refractivity contribution >= 4 is 11.8 Å². The first-order valence-corrected chi connectivity index (χ1v) is 15.2. The largest absolute Gasteiger partial charge is 0.393 e. The molecule has 0 bridgehead atoms. The molecule has 0 spiro atoms. The Morgan fingerprint density at radius 2 is 1.67 bits per heavy atom. The average Bonchev–Trinajstić information content (AvgIpc) is 3.28. The maximum atomic E-state index is 12.7. The molecule has 0 aliphatic heterocycles. The minimum absolute atomic E-state index is 0.0450. The van der Waals surface area contributed by atoms with Crippen molar-refractivity contribution in [1.82, 2.24) is 10.8 Å². The molecule has 5 rings (SSSR count). The summed E-state index contributed by atoms with van der Waals surface area (Å²) in [7, 11) is 0. The fourth-order valence-corrected chi connectivity index (χ4v) is 9.86. The lowest BCUT2D eigenvalue weighted by molar-refractivity contribution is -0.174. The number of carbonyl (C=O) groups excluding carboxylic acids is 2. The van der Waals surface area contributed by atoms with Crippen molar-refractivity contribution < 1.29 is 25.0 Å². The van der Waals surface area contributed by atoms with E-state index in [0.717, 1.165) is 37.7 Å². The summed E-state index contributed by atoms with van der Waals surface area (Å²) in [6, 6.07) is 6.81. The zero-order valence-electron chi connectivity index (χ0n) is 23.9. The molecule has 1 aromatic carbocycles. The second-order valence-electron chi connectivity index (χ2n) is 13.9. The molecule has 0 unspecified atom stereocenters. The molecule has 216 valence electrons. The summed E-state index contributed by atoms with van der Waals surface area (Å²) in [6.07, 6.45) is 9.37. The van der Waals surface area contributed by atoms with Crippen LogP contribution in [0.25, 0.3) is 0 Å². The predicted octanol–water partition coefficient (Wildman–Crippen LogP) is 4.83. The number of nitrogens with one attached hydrogen (secondary N) is 2. The van der Waals surface area contributed by atoms with Crippen molar-refractivity contribution in [3.8, 4) is 0 Å². The molecule has 0 aromatic heterocycles. The Balaban J connectivity index is 1.16. The van der Waals surface area contributed by atoms with Crippen LogP contribution in [-0.4, -0.2) is 39.4 Å². The normalized spacial score (nSPS) is 40.1. The quantitative estimate of drug-likeness (QED) is 0.251. The van der Waals surface area contributed by atoms with Crippen LogP contribution in [-0.2, 0) is 11.3 Å². The molecule has 4 fully saturated rings. The van der Waals surface area contributed by atoms with Gasteiger partial charge in [0.1, 0.15) is 0 Å². The summed E-state index contributed by atoms with van der Waals surface area (Å²) in [6.45, 7) is 7.67. The van der Waals surface area contributed by atoms with Crippen molar-refractivity contribution in [3.05, 3.63) is 35.4 Å². The second kappa shape index (κ2) is 11.1. The summed E-state index contributed by atoms with van der Waals surface area (Å²) in [5.41, 5.74) is 3.36. The van der Waals surface area contributed by atoms with Crippen molar-refractivity contribution in [3.63, 3.8) is 0 Å². The second-order valence-corrected chi connectivity index (χ2v) is 13.9. The Labute approximate surface area is 233 Å². The molecule has 0 saturated heterocycles. The third kappa shape index (κ3) is 5.27. The molecule has 4 saturated carbocycles. The Morgan fingerprint density at radius 3 is 2.38 bits per heavy atom. The van der Waals surface area contributed by atoms with Crippen molar-refractivity contribution in [1.29, 1.82) is 0 Å². The zero-order chi connectivity index (χ0) is 27.9. The number of benzene rings is 1. The molecule has 0 radical (unpaired) electrons. The fraction of sp³-hybridized carbons (Fsp3) is 0.750. The van der Waals surface area contributed by atoms with Crippen molar-refractivity contribution in [2.75, 3.05) is 0 Å². The van der Waals surface area contributed by atoms with Gasteiger partial charge in [0.15, 0.2) is 0 Å². The summed E-state index contributed by atoms with van der Waals surface area (Å²) in [5, 5.41) is 33.5. The number of rotatable bonds is 7. The molecule has 7 heteroatoms. The van der Waals surface area contributed by atoms with E-state index in [1.165, 1.54) is 25.7 Å². The molecule has 10 atom stereocenters. The summed E-state index contributed by atoms with van der Waals surface area (Å²) < 4.78 is 0. The Hall–Kier alpha value is -1.96. The van der Waals surface area contributed by atoms with Crippen LogP contribution in [0.1, 0.15) is 101 Å². The van der Waals surface area contributed by atoms with Crippen LogP contribution in [0.2, 0.25) is 0 Å². The highest BCUT2D eigenvalue weighted by Crippen LogP contribution is 2.68. The summed E-state index contributed by atoms with van der Waals surface area (Å²) in [5.74, 6) is 2.44. The lowest BCUT2D eigenvalue weighted by atomic mass is 9.43. The standard InChI is InChI=1S/C32H48N2O5/c1-19(4-11-28(37)33-18-20-5-7-21(8-6-20)30(38)34-39)24-9-10-25-29-26(13-15-32(24,25)3)31(2)14-12-23(35)16-22(31)17-27(29)36/h5-8,19,22-27,29,35-36,39H,4,9-18H2,1-3H3,(H,33,37)(H,34,38)/t19-,22+,23-,24-,25+,26+,27+,29+,31+,32-/m1/s1. The zero-order valence-corrected chi connectivity index (χ0v) is 23.9. The Morgan fingerprint density at radius 1 is 0.974 bits per heavy atom. The van der Waals surface area contributed by atoms with E-state index in [4.69, 9.17) is 5.21 Å². The van der Waals surface area contributed by atoms with Crippen LogP contribution in [0.5, 0.6) is 0 Å². The first-order chi connectivity index (χ1) is 18.6. The van der Waals surface area contributed by atoms with Crippen LogP contribution < -0.4 is 10.8 Å². The highest BCUT2D eigenvalue weighted by atomic mass is 16.5. The number of carbonyl (C=O) groups is 2. The van der Waals surface area contributed by atoms with E-state index in [1.54, 1.807) is 29.7 Å². The van der Waals surface area contributed by atoms with Gasteiger partial charge in [-0.25, -0.2) is 5.48 Å². The predicted molar refractivity (Wildman–Crippen MR) is 149 cm³/mol. The molecule has 7 nitrogen and oxygen atoms in total. The van der Waals surface area contributed by atoms with Crippen molar-refractivity contribution in [2.24, 2.45) is 46.3 Å². The number of hydroxylamine groups is 1. The van der Waals surface area contributed by atoms with Gasteiger partial charge in [-0.05, 0) is 122 Å². The van der Waals surface area contributed by atoms with Gasteiger partial charge in [0.2, 0.25) is 5.91 Å². The first-order valence-electron chi connectivity index (χ1n) is 15.2. The number of amides is 2. The smallest absolute Gasteiger partial charge is 0.274 e. The molecule has 0 heterocycles. The molecule has 1 aromatic rings. The highest BCUT2D eigenvalue weighted by Gasteiger charge is 2.62. The molecule has 4 aliphatic carbocycles. The van der Waals surface area contributed by atoms with E-state index >= 15 is 0 Å². The lowest BCUT2D eigenvalue weighted by Gasteiger charge is -2.62. The van der Waals surface area contributed by atoms with E-state index in [9.17, 15) is 19.8 Å². The number of aliphatic hydroxyl groups is 2. The maximum Gasteiger partial charge on any atom is 0.274 e. The summed E-state index contributed by atoms with van der Waals surface area (Å²) >= 11 is 0. The van der Waals surface area contributed by atoms with Crippen LogP contribution >= 0.6 is 0 Å². The van der Waals surface area contributed by atoms with Crippen molar-refractivity contribution in [2.45, 2.75) is 104 Å². The van der Waals surface area contributed by atoms with Gasteiger partial charge in [-0.2, -0.15) is 0 Å². The van der Waals surface area contributed by atoms with Gasteiger partial charge in [-0.1, -0.05) is 32.9 Å². The van der Waals surface area contributed by atoms with E-state index in [2.05, 4.69) is 26.1 Å². The van der Waals surface area contributed by atoms with Gasteiger partial charge >= 0.3 is 0 Å². The topological polar surface area (TPSA) is 119 Å². The number of hydrogen-bond donors (Lipinski definition) is 5. The van der Waals surface area contributed by atoms with E-state index < -0.39 is 5.91 Å². The summed E-state index contributed by atoms with van der Waals surface area (Å²) in [4.78, 5) is 24.2. The minimum atomic E-state index is -0.555. The number of aliphatic hydroxyl groups excluding tert-OH is 2. The van der Waals surface area contributed by atoms with Gasteiger partial charge in [0, 0.05) is 18.5 Å². The van der Waals surface area contributed by atoms with Gasteiger partial charge < -0.3 is 15.5 Å². The molecule has 2 amide bonds. The molecule has 5 N–H and O–H groups in total. The van der Waals surface area contributed by atoms with Crippen LogP contribution in [0.3, 0.4) is 0 Å². The van der Waals surface area contributed by atoms with Gasteiger partial charge in [-0.15, -0.1) is 0 Å². The number of hydrogen-bond acceptors (Lipinski definition) is 5. The van der Waals surface area contributed by atoms with Gasteiger partial charge in [0.25, 0.3) is 5.91 Å². The van der Waals surface area contributed by atoms with Crippen LogP contribution in [0, 0.1) is 46.3 Å². The van der Waals surface area contributed by atoms with E-state index in [1.807, 2.05) is 0 Å². The minimum Gasteiger partial charge on any atom is -0.393 e. The van der Waals surface area contributed by atoms with Crippen LogP contribution in [0.4, 0.5) is 0 Å². The SMILES string of the molecule is C[C@H](CCC(=O)NCc1ccc(C(=O)NO)cc1)[C@H]1CC[C@H]2[C@@H]3[C@@H](O)C[C@@H]4C[C@H](O)CC[C@]4(C)[C@H]3CC[C@]12C. The van der Waals surface area contributed by atoms with Crippen LogP contribution in [0.15, 0.2) is 24.3 Å². The van der Waals surface area contributed by atoms with E-state index in [0.29, 0.717) is 54.0 Å². The van der Waals surface area contributed by atoms with E-state index in [-0.39, 0.29) is 28.9 Å². The Bertz CT molecular complexity index is 1050. The lowest BCUT2D eigenvalue weighted by Crippen LogP contribution is -2.58. The first kappa shape index (κ1) is 28.6. The Kier molecular flexibility index (Phi) is 8.16.